The van der Waals surface area contributed by atoms with Gasteiger partial charge in [-0.1, -0.05) is 20.8 Å². The molecular formula is C14H23IO3Si. The second-order valence-electron chi connectivity index (χ2n) is 6.11. The third-order valence-electron chi connectivity index (χ3n) is 3.68. The van der Waals surface area contributed by atoms with Gasteiger partial charge in [-0.3, -0.25) is 0 Å². The van der Waals surface area contributed by atoms with Gasteiger partial charge < -0.3 is 14.3 Å². The highest BCUT2D eigenvalue weighted by Crippen LogP contribution is 2.39. The quantitative estimate of drug-likeness (QED) is 0.615. The standard InChI is InChI=1S/C14H23IO3Si/c1-14(2,3)19(5,6)18-12-8-13(17-4)11(15)7-10(12)9-16/h7-8,16H,9H2,1-6H3. The molecule has 0 aliphatic heterocycles. The Morgan fingerprint density at radius 3 is 2.21 bits per heavy atom. The Hall–Kier alpha value is -0.273. The fraction of sp³-hybridized carbons (Fsp3) is 0.571. The minimum absolute atomic E-state index is 0.0239. The van der Waals surface area contributed by atoms with E-state index in [1.165, 1.54) is 0 Å². The van der Waals surface area contributed by atoms with E-state index in [9.17, 15) is 5.11 Å². The number of aliphatic hydroxyl groups excluding tert-OH is 1. The van der Waals surface area contributed by atoms with E-state index in [2.05, 4.69) is 56.5 Å². The maximum Gasteiger partial charge on any atom is 0.250 e. The fourth-order valence-corrected chi connectivity index (χ4v) is 3.18. The zero-order valence-electron chi connectivity index (χ0n) is 12.5. The maximum atomic E-state index is 9.50. The molecule has 0 heterocycles. The van der Waals surface area contributed by atoms with E-state index in [-0.39, 0.29) is 11.6 Å². The highest BCUT2D eigenvalue weighted by Gasteiger charge is 2.39. The van der Waals surface area contributed by atoms with E-state index in [1.807, 2.05) is 12.1 Å². The Morgan fingerprint density at radius 2 is 1.79 bits per heavy atom. The Balaban J connectivity index is 3.20. The number of benzene rings is 1. The molecule has 0 aliphatic carbocycles. The molecule has 0 atom stereocenters. The first-order valence-electron chi connectivity index (χ1n) is 6.28. The Kier molecular flexibility index (Phi) is 5.31. The van der Waals surface area contributed by atoms with E-state index in [0.29, 0.717) is 0 Å². The topological polar surface area (TPSA) is 38.7 Å². The van der Waals surface area contributed by atoms with E-state index in [4.69, 9.17) is 9.16 Å². The summed E-state index contributed by atoms with van der Waals surface area (Å²) in [6.45, 7) is 11.0. The van der Waals surface area contributed by atoms with Gasteiger partial charge in [0.1, 0.15) is 11.5 Å². The Bertz CT molecular complexity index is 453. The molecule has 1 N–H and O–H groups in total. The van der Waals surface area contributed by atoms with Crippen molar-refractivity contribution >= 4 is 30.9 Å². The molecule has 0 spiro atoms. The predicted molar refractivity (Wildman–Crippen MR) is 89.5 cm³/mol. The van der Waals surface area contributed by atoms with Gasteiger partial charge in [0.25, 0.3) is 0 Å². The molecule has 108 valence electrons. The highest BCUT2D eigenvalue weighted by atomic mass is 127. The summed E-state index contributed by atoms with van der Waals surface area (Å²) in [7, 11) is -0.271. The van der Waals surface area contributed by atoms with Crippen LogP contribution in [0.1, 0.15) is 26.3 Å². The van der Waals surface area contributed by atoms with Gasteiger partial charge >= 0.3 is 0 Å². The fourth-order valence-electron chi connectivity index (χ4n) is 1.38. The van der Waals surface area contributed by atoms with Crippen LogP contribution in [0.4, 0.5) is 0 Å². The summed E-state index contributed by atoms with van der Waals surface area (Å²) in [6.07, 6.45) is 0. The Morgan fingerprint density at radius 1 is 1.21 bits per heavy atom. The van der Waals surface area contributed by atoms with Crippen LogP contribution in [0.25, 0.3) is 0 Å². The van der Waals surface area contributed by atoms with E-state index >= 15 is 0 Å². The predicted octanol–water partition coefficient (Wildman–Crippen LogP) is 4.18. The molecule has 0 saturated heterocycles. The number of halogens is 1. The third kappa shape index (κ3) is 3.85. The minimum Gasteiger partial charge on any atom is -0.543 e. The summed E-state index contributed by atoms with van der Waals surface area (Å²) in [5.74, 6) is 1.53. The zero-order chi connectivity index (χ0) is 14.8. The summed E-state index contributed by atoms with van der Waals surface area (Å²) in [6, 6.07) is 3.80. The summed E-state index contributed by atoms with van der Waals surface area (Å²) in [4.78, 5) is 0. The van der Waals surface area contributed by atoms with Crippen molar-refractivity contribution in [3.05, 3.63) is 21.3 Å². The Labute approximate surface area is 130 Å². The molecule has 1 rings (SSSR count). The van der Waals surface area contributed by atoms with Crippen LogP contribution in [0.15, 0.2) is 12.1 Å². The summed E-state index contributed by atoms with van der Waals surface area (Å²) >= 11 is 2.20. The van der Waals surface area contributed by atoms with Crippen molar-refractivity contribution in [3.8, 4) is 11.5 Å². The lowest BCUT2D eigenvalue weighted by Gasteiger charge is -2.37. The van der Waals surface area contributed by atoms with Gasteiger partial charge in [0.2, 0.25) is 8.32 Å². The van der Waals surface area contributed by atoms with Crippen LogP contribution >= 0.6 is 22.6 Å². The average molecular weight is 394 g/mol. The molecule has 0 saturated carbocycles. The van der Waals surface area contributed by atoms with Gasteiger partial charge in [0.05, 0.1) is 17.3 Å². The first-order chi connectivity index (χ1) is 8.62. The first kappa shape index (κ1) is 16.8. The van der Waals surface area contributed by atoms with Crippen molar-refractivity contribution in [1.82, 2.24) is 0 Å². The monoisotopic (exact) mass is 394 g/mol. The molecule has 19 heavy (non-hydrogen) atoms. The minimum atomic E-state index is -1.92. The van der Waals surface area contributed by atoms with Crippen molar-refractivity contribution in [2.45, 2.75) is 45.5 Å². The smallest absolute Gasteiger partial charge is 0.250 e. The second-order valence-corrected chi connectivity index (χ2v) is 12.0. The second kappa shape index (κ2) is 6.01. The largest absolute Gasteiger partial charge is 0.543 e. The van der Waals surface area contributed by atoms with Crippen LogP contribution in [0, 0.1) is 3.57 Å². The van der Waals surface area contributed by atoms with Crippen LogP contribution < -0.4 is 9.16 Å². The van der Waals surface area contributed by atoms with Gasteiger partial charge in [-0.15, -0.1) is 0 Å². The number of hydrogen-bond acceptors (Lipinski definition) is 3. The number of rotatable bonds is 4. The molecule has 0 fully saturated rings. The summed E-state index contributed by atoms with van der Waals surface area (Å²) < 4.78 is 12.6. The van der Waals surface area contributed by atoms with E-state index in [0.717, 1.165) is 20.6 Å². The van der Waals surface area contributed by atoms with Gasteiger partial charge in [0, 0.05) is 11.6 Å². The highest BCUT2D eigenvalue weighted by molar-refractivity contribution is 14.1. The molecule has 0 aromatic heterocycles. The van der Waals surface area contributed by atoms with Gasteiger partial charge in [-0.2, -0.15) is 0 Å². The molecule has 1 aromatic carbocycles. The average Bonchev–Trinajstić information content (AvgIpc) is 2.29. The van der Waals surface area contributed by atoms with Gasteiger partial charge in [0.15, 0.2) is 0 Å². The van der Waals surface area contributed by atoms with Crippen molar-refractivity contribution < 1.29 is 14.3 Å². The van der Waals surface area contributed by atoms with Crippen molar-refractivity contribution in [3.63, 3.8) is 0 Å². The molecule has 5 heteroatoms. The van der Waals surface area contributed by atoms with Crippen LogP contribution in [0.5, 0.6) is 11.5 Å². The van der Waals surface area contributed by atoms with Crippen molar-refractivity contribution in [2.75, 3.05) is 7.11 Å². The number of aliphatic hydroxyl groups is 1. The lowest BCUT2D eigenvalue weighted by molar-refractivity contribution is 0.277. The molecule has 1 aromatic rings. The normalized spacial score (nSPS) is 12.4. The molecular weight excluding hydrogens is 371 g/mol. The summed E-state index contributed by atoms with van der Waals surface area (Å²) in [5, 5.41) is 9.62. The lowest BCUT2D eigenvalue weighted by atomic mass is 10.2. The van der Waals surface area contributed by atoms with Gasteiger partial charge in [-0.05, 0) is 46.8 Å². The molecule has 0 aliphatic rings. The summed E-state index contributed by atoms with van der Waals surface area (Å²) in [5.41, 5.74) is 0.815. The number of hydrogen-bond donors (Lipinski definition) is 1. The molecule has 0 amide bonds. The molecule has 0 radical (unpaired) electrons. The van der Waals surface area contributed by atoms with Crippen molar-refractivity contribution in [2.24, 2.45) is 0 Å². The van der Waals surface area contributed by atoms with Crippen LogP contribution in [-0.2, 0) is 6.61 Å². The zero-order valence-corrected chi connectivity index (χ0v) is 15.7. The third-order valence-corrected chi connectivity index (χ3v) is 8.86. The first-order valence-corrected chi connectivity index (χ1v) is 10.3. The lowest BCUT2D eigenvalue weighted by Crippen LogP contribution is -2.44. The van der Waals surface area contributed by atoms with E-state index in [1.54, 1.807) is 7.11 Å². The van der Waals surface area contributed by atoms with E-state index < -0.39 is 8.32 Å². The molecule has 0 bridgehead atoms. The van der Waals surface area contributed by atoms with Crippen LogP contribution in [0.3, 0.4) is 0 Å². The maximum absolute atomic E-state index is 9.50. The van der Waals surface area contributed by atoms with Crippen LogP contribution in [-0.4, -0.2) is 20.5 Å². The van der Waals surface area contributed by atoms with Crippen molar-refractivity contribution in [1.29, 1.82) is 0 Å². The SMILES string of the molecule is COc1cc(O[Si](C)(C)C(C)(C)C)c(CO)cc1I. The molecule has 0 unspecified atom stereocenters. The molecule has 3 nitrogen and oxygen atoms in total. The number of methoxy groups -OCH3 is 1. The number of ether oxygens (including phenoxy) is 1. The van der Waals surface area contributed by atoms with Crippen LogP contribution in [0.2, 0.25) is 18.1 Å². The van der Waals surface area contributed by atoms with Gasteiger partial charge in [-0.25, -0.2) is 0 Å².